The van der Waals surface area contributed by atoms with Crippen LogP contribution in [0.5, 0.6) is 0 Å². The summed E-state index contributed by atoms with van der Waals surface area (Å²) in [6, 6.07) is 23.8. The second-order valence-electron chi connectivity index (χ2n) is 8.16. The van der Waals surface area contributed by atoms with Gasteiger partial charge in [-0.3, -0.25) is 9.78 Å². The maximum Gasteiger partial charge on any atom is 0.228 e. The van der Waals surface area contributed by atoms with Gasteiger partial charge in [0.05, 0.1) is 23.7 Å². The highest BCUT2D eigenvalue weighted by molar-refractivity contribution is 7.77. The van der Waals surface area contributed by atoms with Crippen LogP contribution in [0.2, 0.25) is 0 Å². The number of nitrogens with zero attached hydrogens (tertiary/aromatic N) is 4. The fourth-order valence-electron chi connectivity index (χ4n) is 3.99. The minimum Gasteiger partial charge on any atom is -0.353 e. The number of rotatable bonds is 5. The van der Waals surface area contributed by atoms with Crippen LogP contribution in [0.1, 0.15) is 5.56 Å². The lowest BCUT2D eigenvalue weighted by molar-refractivity contribution is -0.115. The lowest BCUT2D eigenvalue weighted by Crippen LogP contribution is -2.42. The van der Waals surface area contributed by atoms with Crippen LogP contribution in [0.25, 0.3) is 22.2 Å². The third-order valence-corrected chi connectivity index (χ3v) is 6.22. The van der Waals surface area contributed by atoms with E-state index in [-0.39, 0.29) is 5.91 Å². The summed E-state index contributed by atoms with van der Waals surface area (Å²) in [5.41, 5.74) is 5.66. The van der Waals surface area contributed by atoms with E-state index < -0.39 is 0 Å². The summed E-state index contributed by atoms with van der Waals surface area (Å²) in [5.74, 6) is 0.874. The molecular weight excluding hydrogens is 430 g/mol. The number of hydrogen-bond donors (Lipinski definition) is 2. The Balaban J connectivity index is 1.30. The molecule has 0 unspecified atom stereocenters. The zero-order valence-electron chi connectivity index (χ0n) is 18.2. The van der Waals surface area contributed by atoms with E-state index in [1.807, 2.05) is 71.2 Å². The van der Waals surface area contributed by atoms with Gasteiger partial charge < -0.3 is 10.2 Å². The first-order valence-corrected chi connectivity index (χ1v) is 11.4. The lowest BCUT2D eigenvalue weighted by Gasteiger charge is -2.32. The van der Waals surface area contributed by atoms with E-state index in [1.165, 1.54) is 0 Å². The molecule has 3 aromatic carbocycles. The van der Waals surface area contributed by atoms with E-state index in [0.29, 0.717) is 6.42 Å². The first-order valence-electron chi connectivity index (χ1n) is 11.0. The van der Waals surface area contributed by atoms with Gasteiger partial charge in [-0.15, -0.1) is 0 Å². The molecule has 6 nitrogen and oxygen atoms in total. The molecule has 7 heteroatoms. The number of aromatic nitrogens is 2. The minimum atomic E-state index is -0.0267. The van der Waals surface area contributed by atoms with Gasteiger partial charge >= 0.3 is 0 Å². The van der Waals surface area contributed by atoms with Gasteiger partial charge in [-0.25, -0.2) is 9.29 Å². The molecule has 1 aromatic heterocycles. The van der Waals surface area contributed by atoms with Crippen LogP contribution in [0, 0.1) is 0 Å². The van der Waals surface area contributed by atoms with Crippen molar-refractivity contribution in [1.29, 1.82) is 0 Å². The second-order valence-corrected chi connectivity index (χ2v) is 8.73. The number of hydrogen-bond acceptors (Lipinski definition) is 6. The highest BCUT2D eigenvalue weighted by Crippen LogP contribution is 2.26. The average molecular weight is 456 g/mol. The van der Waals surface area contributed by atoms with Gasteiger partial charge in [-0.05, 0) is 41.0 Å². The van der Waals surface area contributed by atoms with E-state index in [4.69, 9.17) is 4.98 Å². The third-order valence-electron chi connectivity index (χ3n) is 5.82. The van der Waals surface area contributed by atoms with E-state index in [9.17, 15) is 4.79 Å². The van der Waals surface area contributed by atoms with Gasteiger partial charge in [0.25, 0.3) is 0 Å². The van der Waals surface area contributed by atoms with Crippen molar-refractivity contribution in [2.24, 2.45) is 0 Å². The Morgan fingerprint density at radius 1 is 0.879 bits per heavy atom. The smallest absolute Gasteiger partial charge is 0.228 e. The van der Waals surface area contributed by atoms with E-state index in [1.54, 1.807) is 0 Å². The number of nitrogens with one attached hydrogen (secondary N) is 1. The van der Waals surface area contributed by atoms with E-state index in [0.717, 1.165) is 65.4 Å². The summed E-state index contributed by atoms with van der Waals surface area (Å²) < 4.78 is 2.02. The number of thiol groups is 1. The Hall–Kier alpha value is -3.42. The summed E-state index contributed by atoms with van der Waals surface area (Å²) >= 11 is 4.42. The number of carbonyl (C=O) groups excluding carboxylic acids is 1. The predicted octanol–water partition coefficient (Wildman–Crippen LogP) is 4.44. The van der Waals surface area contributed by atoms with Crippen LogP contribution >= 0.6 is 12.8 Å². The van der Waals surface area contributed by atoms with Crippen molar-refractivity contribution in [3.8, 4) is 11.1 Å². The number of amides is 1. The summed E-state index contributed by atoms with van der Waals surface area (Å²) in [6.45, 7) is 3.58. The average Bonchev–Trinajstić information content (AvgIpc) is 2.85. The number of carbonyl (C=O) groups is 1. The standard InChI is InChI=1S/C26H25N5OS/c32-26(16-19-4-2-1-3-5-19)28-22-9-6-20(7-10-22)21-8-11-23-24(17-21)29-25(18-27-23)30-12-14-31(33)15-13-30/h1-11,17-18,33H,12-16H2,(H,28,32). The molecule has 1 N–H and O–H groups in total. The van der Waals surface area contributed by atoms with Crippen molar-refractivity contribution in [3.05, 3.63) is 84.6 Å². The van der Waals surface area contributed by atoms with Crippen LogP contribution < -0.4 is 10.2 Å². The zero-order valence-corrected chi connectivity index (χ0v) is 19.1. The SMILES string of the molecule is O=C(Cc1ccccc1)Nc1ccc(-c2ccc3ncc(N4CCN(S)CC4)nc3c2)cc1. The Labute approximate surface area is 198 Å². The van der Waals surface area contributed by atoms with Crippen LogP contribution in [0.15, 0.2) is 79.0 Å². The van der Waals surface area contributed by atoms with Crippen molar-refractivity contribution in [1.82, 2.24) is 14.3 Å². The van der Waals surface area contributed by atoms with Crippen molar-refractivity contribution in [2.75, 3.05) is 36.4 Å². The predicted molar refractivity (Wildman–Crippen MR) is 137 cm³/mol. The molecule has 166 valence electrons. The maximum absolute atomic E-state index is 12.3. The van der Waals surface area contributed by atoms with Gasteiger partial charge in [0, 0.05) is 31.9 Å². The normalized spacial score (nSPS) is 14.4. The monoisotopic (exact) mass is 455 g/mol. The molecule has 0 atom stereocenters. The van der Waals surface area contributed by atoms with Crippen molar-refractivity contribution in [3.63, 3.8) is 0 Å². The van der Waals surface area contributed by atoms with Crippen LogP contribution in [-0.2, 0) is 11.2 Å². The zero-order chi connectivity index (χ0) is 22.6. The largest absolute Gasteiger partial charge is 0.353 e. The molecule has 1 aliphatic rings. The van der Waals surface area contributed by atoms with Gasteiger partial charge in [0.1, 0.15) is 5.82 Å². The number of piperazine rings is 1. The first-order chi connectivity index (χ1) is 16.1. The molecule has 1 amide bonds. The molecule has 0 saturated carbocycles. The van der Waals surface area contributed by atoms with Crippen LogP contribution in [-0.4, -0.2) is 46.4 Å². The lowest BCUT2D eigenvalue weighted by atomic mass is 10.0. The molecule has 0 spiro atoms. The molecule has 0 bridgehead atoms. The molecule has 1 saturated heterocycles. The van der Waals surface area contributed by atoms with Crippen LogP contribution in [0.4, 0.5) is 11.5 Å². The van der Waals surface area contributed by atoms with E-state index in [2.05, 4.69) is 40.1 Å². The van der Waals surface area contributed by atoms with E-state index >= 15 is 0 Å². The Morgan fingerprint density at radius 3 is 2.36 bits per heavy atom. The molecule has 1 aliphatic heterocycles. The first kappa shape index (κ1) is 21.4. The molecule has 0 aliphatic carbocycles. The topological polar surface area (TPSA) is 61.4 Å². The fraction of sp³-hybridized carbons (Fsp3) is 0.192. The summed E-state index contributed by atoms with van der Waals surface area (Å²) in [7, 11) is 0. The molecule has 33 heavy (non-hydrogen) atoms. The number of benzene rings is 3. The molecule has 2 heterocycles. The van der Waals surface area contributed by atoms with Crippen LogP contribution in [0.3, 0.4) is 0 Å². The highest BCUT2D eigenvalue weighted by atomic mass is 32.1. The minimum absolute atomic E-state index is 0.0267. The van der Waals surface area contributed by atoms with Gasteiger partial charge in [0.15, 0.2) is 0 Å². The number of fused-ring (bicyclic) bond motifs is 1. The third kappa shape index (κ3) is 5.16. The van der Waals surface area contributed by atoms with Crippen molar-refractivity contribution < 1.29 is 4.79 Å². The van der Waals surface area contributed by atoms with Gasteiger partial charge in [-0.1, -0.05) is 61.3 Å². The molecule has 0 radical (unpaired) electrons. The summed E-state index contributed by atoms with van der Waals surface area (Å²) in [5, 5.41) is 2.97. The second kappa shape index (κ2) is 9.60. The van der Waals surface area contributed by atoms with Crippen molar-refractivity contribution >= 4 is 41.3 Å². The highest BCUT2D eigenvalue weighted by Gasteiger charge is 2.16. The summed E-state index contributed by atoms with van der Waals surface area (Å²) in [6.07, 6.45) is 2.21. The fourth-order valence-corrected chi connectivity index (χ4v) is 4.17. The Bertz CT molecular complexity index is 1250. The molecule has 4 aromatic rings. The van der Waals surface area contributed by atoms with Gasteiger partial charge in [0.2, 0.25) is 5.91 Å². The molecule has 1 fully saturated rings. The Morgan fingerprint density at radius 2 is 1.61 bits per heavy atom. The van der Waals surface area contributed by atoms with Crippen molar-refractivity contribution in [2.45, 2.75) is 6.42 Å². The molecule has 5 rings (SSSR count). The maximum atomic E-state index is 12.3. The molecular formula is C26H25N5OS. The van der Waals surface area contributed by atoms with Gasteiger partial charge in [-0.2, -0.15) is 0 Å². The summed E-state index contributed by atoms with van der Waals surface area (Å²) in [4.78, 5) is 24.1. The quantitative estimate of drug-likeness (QED) is 0.436. The Kier molecular flexibility index (Phi) is 6.24. The number of anilines is 2.